The minimum atomic E-state index is 1.15. The highest BCUT2D eigenvalue weighted by atomic mass is 15.1. The van der Waals surface area contributed by atoms with Crippen LogP contribution in [-0.2, 0) is 0 Å². The van der Waals surface area contributed by atoms with Gasteiger partial charge in [0.05, 0.1) is 0 Å². The quantitative estimate of drug-likeness (QED) is 0.630. The predicted molar refractivity (Wildman–Crippen MR) is 56.9 cm³/mol. The third-order valence-electron chi connectivity index (χ3n) is 2.48. The van der Waals surface area contributed by atoms with E-state index in [1.165, 1.54) is 24.1 Å². The number of anilines is 1. The molecular formula is C12H15N. The maximum atomic E-state index is 2.33. The van der Waals surface area contributed by atoms with Crippen LogP contribution < -0.4 is 4.90 Å². The van der Waals surface area contributed by atoms with E-state index in [-0.39, 0.29) is 0 Å². The lowest BCUT2D eigenvalue weighted by atomic mass is 10.1. The van der Waals surface area contributed by atoms with Crippen molar-refractivity contribution in [1.29, 1.82) is 0 Å². The van der Waals surface area contributed by atoms with Crippen LogP contribution in [0.3, 0.4) is 0 Å². The molecule has 0 fully saturated rings. The first kappa shape index (κ1) is 8.36. The average Bonchev–Trinajstić information content (AvgIpc) is 2.20. The second kappa shape index (κ2) is 3.65. The van der Waals surface area contributed by atoms with Crippen molar-refractivity contribution < 1.29 is 0 Å². The fraction of sp³-hybridized carbons (Fsp3) is 0.333. The standard InChI is InChI=1S/C12H15N/c1-11-7-3-4-8-12(11)13-9-5-2-6-10-13/h3-5,7-9H,2,6,10H2,1H3. The highest BCUT2D eigenvalue weighted by Crippen LogP contribution is 2.22. The fourth-order valence-electron chi connectivity index (χ4n) is 1.74. The summed E-state index contributed by atoms with van der Waals surface area (Å²) in [4.78, 5) is 2.33. The first-order chi connectivity index (χ1) is 6.38. The van der Waals surface area contributed by atoms with Gasteiger partial charge in [0.2, 0.25) is 0 Å². The molecule has 0 N–H and O–H groups in total. The molecule has 1 aromatic rings. The lowest BCUT2D eigenvalue weighted by Gasteiger charge is -2.24. The number of allylic oxidation sites excluding steroid dienone is 1. The van der Waals surface area contributed by atoms with Gasteiger partial charge in [-0.25, -0.2) is 0 Å². The van der Waals surface area contributed by atoms with Crippen LogP contribution in [0.4, 0.5) is 5.69 Å². The molecule has 0 amide bonds. The summed E-state index contributed by atoms with van der Waals surface area (Å²) in [7, 11) is 0. The zero-order chi connectivity index (χ0) is 9.10. The summed E-state index contributed by atoms with van der Waals surface area (Å²) < 4.78 is 0. The van der Waals surface area contributed by atoms with Crippen molar-refractivity contribution in [3.05, 3.63) is 42.1 Å². The Morgan fingerprint density at radius 3 is 2.77 bits per heavy atom. The Kier molecular flexibility index (Phi) is 2.35. The van der Waals surface area contributed by atoms with Crippen LogP contribution in [0.5, 0.6) is 0 Å². The molecule has 0 atom stereocenters. The van der Waals surface area contributed by atoms with E-state index in [1.54, 1.807) is 0 Å². The molecule has 0 unspecified atom stereocenters. The second-order valence-electron chi connectivity index (χ2n) is 3.51. The van der Waals surface area contributed by atoms with Crippen molar-refractivity contribution in [2.24, 2.45) is 0 Å². The Balaban J connectivity index is 2.29. The molecule has 1 nitrogen and oxygen atoms in total. The molecule has 68 valence electrons. The summed E-state index contributed by atoms with van der Waals surface area (Å²) in [5.41, 5.74) is 2.70. The maximum Gasteiger partial charge on any atom is 0.0435 e. The summed E-state index contributed by atoms with van der Waals surface area (Å²) in [6.07, 6.45) is 6.94. The fourth-order valence-corrected chi connectivity index (χ4v) is 1.74. The van der Waals surface area contributed by atoms with Crippen molar-refractivity contribution in [3.63, 3.8) is 0 Å². The maximum absolute atomic E-state index is 2.33. The minimum absolute atomic E-state index is 1.15. The summed E-state index contributed by atoms with van der Waals surface area (Å²) in [5.74, 6) is 0. The molecule has 1 aliphatic heterocycles. The molecule has 0 bridgehead atoms. The summed E-state index contributed by atoms with van der Waals surface area (Å²) in [6, 6.07) is 8.54. The van der Waals surface area contributed by atoms with Crippen LogP contribution >= 0.6 is 0 Å². The Labute approximate surface area is 79.7 Å². The largest absolute Gasteiger partial charge is 0.348 e. The number of benzene rings is 1. The molecule has 1 aromatic carbocycles. The molecule has 1 heteroatoms. The van der Waals surface area contributed by atoms with E-state index in [9.17, 15) is 0 Å². The molecule has 13 heavy (non-hydrogen) atoms. The lowest BCUT2D eigenvalue weighted by molar-refractivity contribution is 0.784. The van der Waals surface area contributed by atoms with E-state index in [0.29, 0.717) is 0 Å². The van der Waals surface area contributed by atoms with E-state index in [1.807, 2.05) is 0 Å². The number of aryl methyl sites for hydroxylation is 1. The Bertz CT molecular complexity index is 315. The molecule has 0 saturated carbocycles. The normalized spacial score (nSPS) is 16.2. The van der Waals surface area contributed by atoms with E-state index in [2.05, 4.69) is 48.4 Å². The van der Waals surface area contributed by atoms with Crippen LogP contribution in [0.1, 0.15) is 18.4 Å². The smallest absolute Gasteiger partial charge is 0.0435 e. The topological polar surface area (TPSA) is 3.24 Å². The van der Waals surface area contributed by atoms with Gasteiger partial charge in [0, 0.05) is 18.4 Å². The van der Waals surface area contributed by atoms with Crippen molar-refractivity contribution in [3.8, 4) is 0 Å². The van der Waals surface area contributed by atoms with Crippen molar-refractivity contribution in [2.45, 2.75) is 19.8 Å². The van der Waals surface area contributed by atoms with E-state index < -0.39 is 0 Å². The summed E-state index contributed by atoms with van der Waals surface area (Å²) >= 11 is 0. The van der Waals surface area contributed by atoms with Crippen molar-refractivity contribution in [2.75, 3.05) is 11.4 Å². The lowest BCUT2D eigenvalue weighted by Crippen LogP contribution is -2.20. The van der Waals surface area contributed by atoms with Gasteiger partial charge in [0.25, 0.3) is 0 Å². The molecule has 0 saturated heterocycles. The van der Waals surface area contributed by atoms with Gasteiger partial charge in [0.15, 0.2) is 0 Å². The highest BCUT2D eigenvalue weighted by Gasteiger charge is 2.07. The van der Waals surface area contributed by atoms with Crippen LogP contribution in [-0.4, -0.2) is 6.54 Å². The molecule has 0 aromatic heterocycles. The highest BCUT2D eigenvalue weighted by molar-refractivity contribution is 5.55. The molecule has 0 spiro atoms. The van der Waals surface area contributed by atoms with E-state index >= 15 is 0 Å². The van der Waals surface area contributed by atoms with Crippen LogP contribution in [0, 0.1) is 6.92 Å². The third kappa shape index (κ3) is 1.74. The van der Waals surface area contributed by atoms with Gasteiger partial charge >= 0.3 is 0 Å². The van der Waals surface area contributed by atoms with E-state index in [4.69, 9.17) is 0 Å². The number of nitrogens with zero attached hydrogens (tertiary/aromatic N) is 1. The number of para-hydroxylation sites is 1. The SMILES string of the molecule is Cc1ccccc1N1C=CCCC1. The van der Waals surface area contributed by atoms with Crippen LogP contribution in [0.25, 0.3) is 0 Å². The zero-order valence-electron chi connectivity index (χ0n) is 8.03. The van der Waals surface area contributed by atoms with Gasteiger partial charge in [0.1, 0.15) is 0 Å². The molecule has 0 aliphatic carbocycles. The first-order valence-electron chi connectivity index (χ1n) is 4.87. The van der Waals surface area contributed by atoms with E-state index in [0.717, 1.165) is 6.54 Å². The number of hydrogen-bond donors (Lipinski definition) is 0. The molecule has 1 aliphatic rings. The van der Waals surface area contributed by atoms with Gasteiger partial charge in [-0.05, 0) is 31.4 Å². The number of hydrogen-bond acceptors (Lipinski definition) is 1. The zero-order valence-corrected chi connectivity index (χ0v) is 8.03. The first-order valence-corrected chi connectivity index (χ1v) is 4.87. The van der Waals surface area contributed by atoms with Gasteiger partial charge in [-0.2, -0.15) is 0 Å². The van der Waals surface area contributed by atoms with Gasteiger partial charge in [-0.15, -0.1) is 0 Å². The van der Waals surface area contributed by atoms with Crippen LogP contribution in [0.15, 0.2) is 36.5 Å². The molecule has 1 heterocycles. The number of rotatable bonds is 1. The molecule has 2 rings (SSSR count). The van der Waals surface area contributed by atoms with Crippen molar-refractivity contribution in [1.82, 2.24) is 0 Å². The van der Waals surface area contributed by atoms with Gasteiger partial charge in [-0.3, -0.25) is 0 Å². The Morgan fingerprint density at radius 1 is 1.23 bits per heavy atom. The van der Waals surface area contributed by atoms with Gasteiger partial charge in [-0.1, -0.05) is 24.3 Å². The predicted octanol–water partition coefficient (Wildman–Crippen LogP) is 3.11. The average molecular weight is 173 g/mol. The second-order valence-corrected chi connectivity index (χ2v) is 3.51. The van der Waals surface area contributed by atoms with Gasteiger partial charge < -0.3 is 4.90 Å². The summed E-state index contributed by atoms with van der Waals surface area (Å²) in [6.45, 7) is 3.32. The Hall–Kier alpha value is -1.24. The molecule has 0 radical (unpaired) electrons. The summed E-state index contributed by atoms with van der Waals surface area (Å²) in [5, 5.41) is 0. The van der Waals surface area contributed by atoms with Crippen molar-refractivity contribution >= 4 is 5.69 Å². The third-order valence-corrected chi connectivity index (χ3v) is 2.48. The minimum Gasteiger partial charge on any atom is -0.348 e. The van der Waals surface area contributed by atoms with Crippen LogP contribution in [0.2, 0.25) is 0 Å². The monoisotopic (exact) mass is 173 g/mol. The Morgan fingerprint density at radius 2 is 2.08 bits per heavy atom. The molecular weight excluding hydrogens is 158 g/mol.